The highest BCUT2D eigenvalue weighted by molar-refractivity contribution is 6.58. The molecule has 0 spiro atoms. The molecule has 0 aliphatic carbocycles. The average molecular weight is 198 g/mol. The third-order valence-corrected chi connectivity index (χ3v) is 1.96. The predicted molar refractivity (Wildman–Crippen MR) is 47.2 cm³/mol. The zero-order chi connectivity index (χ0) is 10.1. The first-order valence-electron chi connectivity index (χ1n) is 4.14. The maximum Gasteiger partial charge on any atom is 0.491 e. The molecule has 0 aromatic heterocycles. The van der Waals surface area contributed by atoms with E-state index in [4.69, 9.17) is 19.5 Å². The van der Waals surface area contributed by atoms with Gasteiger partial charge in [-0.25, -0.2) is 4.39 Å². The zero-order valence-corrected chi connectivity index (χ0v) is 7.24. The summed E-state index contributed by atoms with van der Waals surface area (Å²) < 4.78 is 23.6. The molecule has 0 atom stereocenters. The largest absolute Gasteiger partial charge is 0.491 e. The highest BCUT2D eigenvalue weighted by Gasteiger charge is 2.24. The minimum absolute atomic E-state index is 0.0538. The summed E-state index contributed by atoms with van der Waals surface area (Å²) in [6.07, 6.45) is 0. The third kappa shape index (κ3) is 1.42. The van der Waals surface area contributed by atoms with Crippen LogP contribution in [0, 0.1) is 5.82 Å². The predicted octanol–water partition coefficient (Wildman–Crippen LogP) is -0.723. The van der Waals surface area contributed by atoms with Crippen molar-refractivity contribution in [2.24, 2.45) is 0 Å². The van der Waals surface area contributed by atoms with Crippen LogP contribution in [0.3, 0.4) is 0 Å². The number of fused-ring (bicyclic) bond motifs is 1. The van der Waals surface area contributed by atoms with Gasteiger partial charge in [0, 0.05) is 5.46 Å². The van der Waals surface area contributed by atoms with Gasteiger partial charge in [0.1, 0.15) is 13.2 Å². The lowest BCUT2D eigenvalue weighted by Crippen LogP contribution is -2.34. The third-order valence-electron chi connectivity index (χ3n) is 1.96. The van der Waals surface area contributed by atoms with E-state index in [1.807, 2.05) is 0 Å². The van der Waals surface area contributed by atoms with Crippen LogP contribution >= 0.6 is 0 Å². The fourth-order valence-corrected chi connectivity index (χ4v) is 1.30. The fourth-order valence-electron chi connectivity index (χ4n) is 1.30. The molecule has 1 heterocycles. The van der Waals surface area contributed by atoms with E-state index < -0.39 is 12.9 Å². The van der Waals surface area contributed by atoms with Gasteiger partial charge in [-0.2, -0.15) is 0 Å². The van der Waals surface area contributed by atoms with E-state index in [0.717, 1.165) is 0 Å². The lowest BCUT2D eigenvalue weighted by Gasteiger charge is -2.19. The first-order chi connectivity index (χ1) is 6.70. The summed E-state index contributed by atoms with van der Waals surface area (Å²) in [5.41, 5.74) is -0.214. The molecule has 2 rings (SSSR count). The second-order valence-electron chi connectivity index (χ2n) is 2.87. The van der Waals surface area contributed by atoms with Gasteiger partial charge in [-0.05, 0) is 6.07 Å². The molecule has 4 nitrogen and oxygen atoms in total. The van der Waals surface area contributed by atoms with Crippen molar-refractivity contribution in [3.63, 3.8) is 0 Å². The molecule has 1 aromatic carbocycles. The van der Waals surface area contributed by atoms with Crippen molar-refractivity contribution in [2.45, 2.75) is 0 Å². The Morgan fingerprint density at radius 2 is 1.93 bits per heavy atom. The van der Waals surface area contributed by atoms with E-state index >= 15 is 0 Å². The average Bonchev–Trinajstić information content (AvgIpc) is 2.18. The van der Waals surface area contributed by atoms with Gasteiger partial charge in [0.2, 0.25) is 0 Å². The maximum atomic E-state index is 13.5. The molecule has 0 saturated heterocycles. The Labute approximate surface area is 80.0 Å². The van der Waals surface area contributed by atoms with Crippen LogP contribution in [0.15, 0.2) is 12.1 Å². The second-order valence-corrected chi connectivity index (χ2v) is 2.87. The van der Waals surface area contributed by atoms with Crippen molar-refractivity contribution >= 4 is 12.6 Å². The van der Waals surface area contributed by atoms with Crippen LogP contribution in [-0.2, 0) is 0 Å². The van der Waals surface area contributed by atoms with E-state index in [1.54, 1.807) is 0 Å². The lowest BCUT2D eigenvalue weighted by atomic mass is 9.79. The Kier molecular flexibility index (Phi) is 2.31. The van der Waals surface area contributed by atoms with Crippen LogP contribution in [0.2, 0.25) is 0 Å². The summed E-state index contributed by atoms with van der Waals surface area (Å²) in [6.45, 7) is 0.627. The number of halogens is 1. The molecular formula is C8H8BFO4. The number of rotatable bonds is 1. The van der Waals surface area contributed by atoms with Crippen molar-refractivity contribution in [3.05, 3.63) is 17.9 Å². The Bertz CT molecular complexity index is 355. The molecular weight excluding hydrogens is 190 g/mol. The molecule has 14 heavy (non-hydrogen) atoms. The van der Waals surface area contributed by atoms with E-state index in [1.165, 1.54) is 12.1 Å². The minimum Gasteiger partial charge on any atom is -0.486 e. The van der Waals surface area contributed by atoms with Crippen LogP contribution in [0.1, 0.15) is 0 Å². The molecule has 1 aliphatic heterocycles. The van der Waals surface area contributed by atoms with Crippen molar-refractivity contribution in [3.8, 4) is 11.5 Å². The first kappa shape index (κ1) is 9.30. The summed E-state index contributed by atoms with van der Waals surface area (Å²) in [5.74, 6) is -0.544. The van der Waals surface area contributed by atoms with Crippen LogP contribution in [0.25, 0.3) is 0 Å². The van der Waals surface area contributed by atoms with E-state index in [0.29, 0.717) is 6.61 Å². The molecule has 0 saturated carbocycles. The fraction of sp³-hybridized carbons (Fsp3) is 0.250. The quantitative estimate of drug-likeness (QED) is 0.584. The van der Waals surface area contributed by atoms with Gasteiger partial charge in [0.15, 0.2) is 17.3 Å². The van der Waals surface area contributed by atoms with Crippen LogP contribution in [0.4, 0.5) is 4.39 Å². The lowest BCUT2D eigenvalue weighted by molar-refractivity contribution is 0.164. The van der Waals surface area contributed by atoms with Gasteiger partial charge in [0.25, 0.3) is 0 Å². The van der Waals surface area contributed by atoms with Crippen LogP contribution < -0.4 is 14.9 Å². The molecule has 1 aromatic rings. The van der Waals surface area contributed by atoms with E-state index in [9.17, 15) is 4.39 Å². The summed E-state index contributed by atoms with van der Waals surface area (Å²) in [5, 5.41) is 17.7. The molecule has 0 unspecified atom stereocenters. The van der Waals surface area contributed by atoms with Crippen molar-refractivity contribution < 1.29 is 23.9 Å². The van der Waals surface area contributed by atoms with Gasteiger partial charge < -0.3 is 19.5 Å². The topological polar surface area (TPSA) is 58.9 Å². The second kappa shape index (κ2) is 3.47. The zero-order valence-electron chi connectivity index (χ0n) is 7.24. The van der Waals surface area contributed by atoms with Gasteiger partial charge in [-0.1, -0.05) is 6.07 Å². The smallest absolute Gasteiger partial charge is 0.486 e. The van der Waals surface area contributed by atoms with Gasteiger partial charge in [-0.3, -0.25) is 0 Å². The summed E-state index contributed by atoms with van der Waals surface area (Å²) in [6, 6.07) is 2.71. The molecule has 1 aliphatic rings. The first-order valence-corrected chi connectivity index (χ1v) is 4.14. The highest BCUT2D eigenvalue weighted by atomic mass is 19.1. The van der Waals surface area contributed by atoms with E-state index in [2.05, 4.69) is 0 Å². The van der Waals surface area contributed by atoms with Gasteiger partial charge in [0.05, 0.1) is 0 Å². The highest BCUT2D eigenvalue weighted by Crippen LogP contribution is 2.31. The Hall–Kier alpha value is -1.27. The molecule has 0 radical (unpaired) electrons. The van der Waals surface area contributed by atoms with Crippen molar-refractivity contribution in [1.29, 1.82) is 0 Å². The number of hydrogen-bond acceptors (Lipinski definition) is 4. The SMILES string of the molecule is OB(O)c1ccc2c(c1F)OCCO2. The number of ether oxygens (including phenoxy) is 2. The van der Waals surface area contributed by atoms with E-state index in [-0.39, 0.29) is 23.6 Å². The molecule has 0 amide bonds. The van der Waals surface area contributed by atoms with Gasteiger partial charge in [-0.15, -0.1) is 0 Å². The summed E-state index contributed by atoms with van der Waals surface area (Å²) >= 11 is 0. The van der Waals surface area contributed by atoms with Crippen LogP contribution in [-0.4, -0.2) is 30.4 Å². The molecule has 0 bridgehead atoms. The monoisotopic (exact) mass is 198 g/mol. The maximum absolute atomic E-state index is 13.5. The van der Waals surface area contributed by atoms with Gasteiger partial charge >= 0.3 is 7.12 Å². The van der Waals surface area contributed by atoms with Crippen molar-refractivity contribution in [2.75, 3.05) is 13.2 Å². The standard InChI is InChI=1S/C8H8BFO4/c10-7-5(9(11)12)1-2-6-8(7)14-4-3-13-6/h1-2,11-12H,3-4H2. The Balaban J connectivity index is 2.49. The molecule has 0 fully saturated rings. The number of benzene rings is 1. The summed E-state index contributed by atoms with van der Waals surface area (Å²) in [4.78, 5) is 0. The van der Waals surface area contributed by atoms with Crippen molar-refractivity contribution in [1.82, 2.24) is 0 Å². The molecule has 74 valence electrons. The Morgan fingerprint density at radius 3 is 2.64 bits per heavy atom. The normalized spacial score (nSPS) is 13.9. The minimum atomic E-state index is -1.84. The summed E-state index contributed by atoms with van der Waals surface area (Å²) in [7, 11) is -1.84. The Morgan fingerprint density at radius 1 is 1.21 bits per heavy atom. The molecule has 6 heteroatoms. The van der Waals surface area contributed by atoms with Crippen LogP contribution in [0.5, 0.6) is 11.5 Å². The number of hydrogen-bond donors (Lipinski definition) is 2. The molecule has 2 N–H and O–H groups in total.